The molecule has 0 aliphatic heterocycles. The minimum absolute atomic E-state index is 0.0358. The Labute approximate surface area is 329 Å². The van der Waals surface area contributed by atoms with Gasteiger partial charge in [-0.2, -0.15) is 0 Å². The molecule has 0 N–H and O–H groups in total. The van der Waals surface area contributed by atoms with Crippen LogP contribution in [0.25, 0.3) is 0 Å². The Balaban J connectivity index is 3.44. The predicted molar refractivity (Wildman–Crippen MR) is 193 cm³/mol. The van der Waals surface area contributed by atoms with Crippen LogP contribution in [0.4, 0.5) is 8.78 Å². The quantitative estimate of drug-likeness (QED) is 0.0653. The topological polar surface area (TPSA) is 210 Å². The van der Waals surface area contributed by atoms with Crippen LogP contribution in [0.2, 0.25) is 0 Å². The molecule has 0 bridgehead atoms. The van der Waals surface area contributed by atoms with Crippen LogP contribution in [0.1, 0.15) is 60.3 Å². The molecule has 1 aliphatic rings. The summed E-state index contributed by atoms with van der Waals surface area (Å²) in [6.45, 7) is 12.1. The molecule has 0 saturated heterocycles. The number of ether oxygens (including phenoxy) is 8. The van der Waals surface area contributed by atoms with Crippen molar-refractivity contribution in [1.29, 1.82) is 0 Å². The average molecular weight is 815 g/mol. The van der Waals surface area contributed by atoms with Crippen LogP contribution >= 0.6 is 0 Å². The molecule has 0 aromatic rings. The summed E-state index contributed by atoms with van der Waals surface area (Å²) in [6.07, 6.45) is 4.66. The molecule has 16 nitrogen and oxygen atoms in total. The third-order valence-corrected chi connectivity index (χ3v) is 8.78. The van der Waals surface area contributed by atoms with E-state index in [1.165, 1.54) is 0 Å². The molecule has 0 amide bonds. The molecule has 18 heteroatoms. The first-order valence-electron chi connectivity index (χ1n) is 17.7. The number of hydrogen-bond donors (Lipinski definition) is 0. The van der Waals surface area contributed by atoms with Crippen LogP contribution in [-0.2, 0) is 76.3 Å². The van der Waals surface area contributed by atoms with Gasteiger partial charge in [0, 0.05) is 30.7 Å². The summed E-state index contributed by atoms with van der Waals surface area (Å²) in [6, 6.07) is 0. The molecule has 1 rings (SSSR count). The monoisotopic (exact) mass is 814 g/mol. The second kappa shape index (κ2) is 21.8. The van der Waals surface area contributed by atoms with Crippen molar-refractivity contribution in [1.82, 2.24) is 0 Å². The fraction of sp³-hybridized carbons (Fsp3) is 0.590. The highest BCUT2D eigenvalue weighted by molar-refractivity contribution is 5.84. The summed E-state index contributed by atoms with van der Waals surface area (Å²) in [5.41, 5.74) is -9.27. The van der Waals surface area contributed by atoms with Gasteiger partial charge in [0.05, 0.1) is 5.92 Å². The lowest BCUT2D eigenvalue weighted by Crippen LogP contribution is -2.57. The predicted octanol–water partition coefficient (Wildman–Crippen LogP) is 3.95. The summed E-state index contributed by atoms with van der Waals surface area (Å²) in [7, 11) is 0. The first-order valence-corrected chi connectivity index (χ1v) is 17.7. The van der Waals surface area contributed by atoms with Crippen molar-refractivity contribution < 1.29 is 85.0 Å². The maximum absolute atomic E-state index is 16.5. The van der Waals surface area contributed by atoms with E-state index in [9.17, 15) is 38.4 Å². The van der Waals surface area contributed by atoms with Crippen molar-refractivity contribution in [2.75, 3.05) is 52.9 Å². The van der Waals surface area contributed by atoms with E-state index in [4.69, 9.17) is 37.9 Å². The third-order valence-electron chi connectivity index (χ3n) is 8.78. The van der Waals surface area contributed by atoms with Gasteiger partial charge in [0.15, 0.2) is 0 Å². The Bertz CT molecular complexity index is 1490. The number of rotatable bonds is 27. The molecule has 0 atom stereocenters. The van der Waals surface area contributed by atoms with Gasteiger partial charge in [-0.3, -0.25) is 19.2 Å². The highest BCUT2D eigenvalue weighted by atomic mass is 19.3. The van der Waals surface area contributed by atoms with Gasteiger partial charge in [0.2, 0.25) is 0 Å². The molecular weight excluding hydrogens is 762 g/mol. The van der Waals surface area contributed by atoms with Crippen molar-refractivity contribution in [3.63, 3.8) is 0 Å². The van der Waals surface area contributed by atoms with Gasteiger partial charge in [-0.15, -0.1) is 0 Å². The van der Waals surface area contributed by atoms with E-state index in [0.717, 1.165) is 52.0 Å². The highest BCUT2D eigenvalue weighted by Crippen LogP contribution is 2.50. The van der Waals surface area contributed by atoms with Gasteiger partial charge in [0.1, 0.15) is 74.5 Å². The third kappa shape index (κ3) is 14.5. The fourth-order valence-electron chi connectivity index (χ4n) is 4.64. The lowest BCUT2D eigenvalue weighted by Gasteiger charge is -2.42. The zero-order chi connectivity index (χ0) is 43.7. The smallest absolute Gasteiger partial charge is 0.330 e. The Kier molecular flexibility index (Phi) is 18.9. The maximum atomic E-state index is 16.5. The van der Waals surface area contributed by atoms with Crippen molar-refractivity contribution in [3.05, 3.63) is 50.6 Å². The number of alkyl halides is 2. The number of hydrogen-bond acceptors (Lipinski definition) is 16. The molecular formula is C39H52F2O16. The maximum Gasteiger partial charge on any atom is 0.330 e. The molecule has 0 aromatic heterocycles. The zero-order valence-electron chi connectivity index (χ0n) is 33.0. The molecule has 57 heavy (non-hydrogen) atoms. The van der Waals surface area contributed by atoms with E-state index in [2.05, 4.69) is 26.3 Å². The molecule has 0 spiro atoms. The average Bonchev–Trinajstić information content (AvgIpc) is 4.04. The van der Waals surface area contributed by atoms with Gasteiger partial charge in [-0.05, 0) is 47.0 Å². The minimum Gasteiger partial charge on any atom is -0.465 e. The molecule has 1 saturated carbocycles. The first kappa shape index (κ1) is 49.6. The molecule has 1 fully saturated rings. The van der Waals surface area contributed by atoms with Gasteiger partial charge in [0.25, 0.3) is 5.92 Å². The summed E-state index contributed by atoms with van der Waals surface area (Å²) in [5.74, 6) is -13.0. The highest BCUT2D eigenvalue weighted by Gasteiger charge is 2.66. The number of carbonyl (C=O) groups excluding carboxylic acids is 8. The van der Waals surface area contributed by atoms with Gasteiger partial charge in [-0.1, -0.05) is 33.2 Å². The number of esters is 8. The summed E-state index contributed by atoms with van der Waals surface area (Å²) >= 11 is 0. The lowest BCUT2D eigenvalue weighted by atomic mass is 9.70. The van der Waals surface area contributed by atoms with Crippen LogP contribution < -0.4 is 0 Å². The van der Waals surface area contributed by atoms with Crippen LogP contribution in [0.5, 0.6) is 0 Å². The van der Waals surface area contributed by atoms with E-state index in [1.54, 1.807) is 6.92 Å². The van der Waals surface area contributed by atoms with Crippen LogP contribution in [0, 0.1) is 27.6 Å². The second-order valence-corrected chi connectivity index (χ2v) is 14.5. The van der Waals surface area contributed by atoms with Gasteiger partial charge in [-0.25, -0.2) is 28.0 Å². The van der Waals surface area contributed by atoms with Crippen LogP contribution in [-0.4, -0.2) is 107 Å². The van der Waals surface area contributed by atoms with Gasteiger partial charge >= 0.3 is 47.8 Å². The molecule has 318 valence electrons. The molecule has 0 radical (unpaired) electrons. The van der Waals surface area contributed by atoms with Crippen molar-refractivity contribution >= 4 is 47.8 Å². The van der Waals surface area contributed by atoms with Crippen molar-refractivity contribution in [2.45, 2.75) is 66.2 Å². The Morgan fingerprint density at radius 1 is 0.526 bits per heavy atom. The van der Waals surface area contributed by atoms with Crippen LogP contribution in [0.15, 0.2) is 50.6 Å². The summed E-state index contributed by atoms with van der Waals surface area (Å²) in [4.78, 5) is 99.7. The zero-order valence-corrected chi connectivity index (χ0v) is 33.0. The Morgan fingerprint density at radius 2 is 0.825 bits per heavy atom. The van der Waals surface area contributed by atoms with E-state index < -0.39 is 134 Å². The van der Waals surface area contributed by atoms with E-state index in [1.807, 2.05) is 0 Å². The standard InChI is InChI=1S/C39H52F2O16/c1-10-15-31(46)54-22-37(18-50-27(42)11-2,19-51-28(43)12-3)24-56-33(48)35(6,7)39(40,41)36(8,9)34(49)57-25-38(20-52-29(44)13-4,21-53-30(45)14-5)23-55-32(47)26-16-17-26/h11-14,26H,2-5,10,15-25H2,1,6-9H3. The Morgan fingerprint density at radius 3 is 1.12 bits per heavy atom. The van der Waals surface area contributed by atoms with Gasteiger partial charge < -0.3 is 37.9 Å². The largest absolute Gasteiger partial charge is 0.465 e. The molecule has 0 heterocycles. The summed E-state index contributed by atoms with van der Waals surface area (Å²) < 4.78 is 74.8. The van der Waals surface area contributed by atoms with Crippen molar-refractivity contribution in [3.8, 4) is 0 Å². The van der Waals surface area contributed by atoms with E-state index >= 15 is 8.78 Å². The van der Waals surface area contributed by atoms with E-state index in [0.29, 0.717) is 19.3 Å². The number of halogens is 2. The van der Waals surface area contributed by atoms with E-state index in [-0.39, 0.29) is 6.42 Å². The van der Waals surface area contributed by atoms with Crippen molar-refractivity contribution in [2.24, 2.45) is 27.6 Å². The summed E-state index contributed by atoms with van der Waals surface area (Å²) in [5, 5.41) is 0. The first-order chi connectivity index (χ1) is 26.5. The SMILES string of the molecule is C=CC(=O)OCC(COC(=O)C=C)(COC(=O)CCC)COC(=O)C(C)(C)C(F)(F)C(C)(C)C(=O)OCC(COC(=O)C=C)(COC(=O)C=C)COC(=O)C1CC1. The molecule has 1 aliphatic carbocycles. The Hall–Kier alpha value is -5.42. The normalized spacial score (nSPS) is 13.1. The molecule has 0 unspecified atom stereocenters. The minimum atomic E-state index is -4.29. The second-order valence-electron chi connectivity index (χ2n) is 14.5. The number of carbonyl (C=O) groups is 8. The lowest BCUT2D eigenvalue weighted by molar-refractivity contribution is -0.223. The molecule has 0 aromatic carbocycles. The fourth-order valence-corrected chi connectivity index (χ4v) is 4.64. The van der Waals surface area contributed by atoms with Crippen LogP contribution in [0.3, 0.4) is 0 Å².